The summed E-state index contributed by atoms with van der Waals surface area (Å²) in [6.45, 7) is 6.17. The van der Waals surface area contributed by atoms with Crippen LogP contribution in [0.5, 0.6) is 0 Å². The number of carbonyl (C=O) groups is 1. The predicted molar refractivity (Wildman–Crippen MR) is 90.8 cm³/mol. The van der Waals surface area contributed by atoms with Crippen molar-refractivity contribution in [2.45, 2.75) is 64.4 Å². The van der Waals surface area contributed by atoms with Crippen LogP contribution in [0, 0.1) is 28.6 Å². The second-order valence-electron chi connectivity index (χ2n) is 8.58. The fraction of sp³-hybridized carbons (Fsp3) is 0.714. The third-order valence-corrected chi connectivity index (χ3v) is 7.87. The van der Waals surface area contributed by atoms with Gasteiger partial charge in [-0.2, -0.15) is 0 Å². The number of carbonyl (C=O) groups excluding carboxylic acids is 1. The molecule has 23 heavy (non-hydrogen) atoms. The molecule has 2 nitrogen and oxygen atoms in total. The first kappa shape index (κ1) is 15.4. The topological polar surface area (TPSA) is 37.3 Å². The van der Waals surface area contributed by atoms with Crippen LogP contribution in [-0.2, 0) is 4.79 Å². The van der Waals surface area contributed by atoms with Gasteiger partial charge in [-0.05, 0) is 80.3 Å². The van der Waals surface area contributed by atoms with Gasteiger partial charge in [-0.3, -0.25) is 4.79 Å². The molecule has 0 aromatic carbocycles. The zero-order valence-corrected chi connectivity index (χ0v) is 14.2. The Hall–Kier alpha value is -1.11. The Morgan fingerprint density at radius 2 is 2.04 bits per heavy atom. The highest BCUT2D eigenvalue weighted by Gasteiger charge is 2.59. The molecule has 4 rings (SSSR count). The van der Waals surface area contributed by atoms with E-state index in [0.717, 1.165) is 25.7 Å². The molecule has 0 spiro atoms. The predicted octanol–water partition coefficient (Wildman–Crippen LogP) is 4.20. The van der Waals surface area contributed by atoms with Crippen LogP contribution in [0.15, 0.2) is 30.0 Å². The zero-order valence-electron chi connectivity index (χ0n) is 14.2. The highest BCUT2D eigenvalue weighted by atomic mass is 16.3. The molecule has 0 aromatic rings. The maximum atomic E-state index is 11.9. The van der Waals surface area contributed by atoms with Gasteiger partial charge in [0.25, 0.3) is 0 Å². The first-order valence-corrected chi connectivity index (χ1v) is 9.30. The Bertz CT molecular complexity index is 611. The van der Waals surface area contributed by atoms with Gasteiger partial charge in [0.05, 0.1) is 6.10 Å². The molecule has 0 radical (unpaired) electrons. The second kappa shape index (κ2) is 5.19. The van der Waals surface area contributed by atoms with Gasteiger partial charge < -0.3 is 5.11 Å². The van der Waals surface area contributed by atoms with E-state index in [1.807, 2.05) is 6.08 Å². The summed E-state index contributed by atoms with van der Waals surface area (Å²) in [6.07, 6.45) is 12.2. The van der Waals surface area contributed by atoms with Gasteiger partial charge >= 0.3 is 0 Å². The summed E-state index contributed by atoms with van der Waals surface area (Å²) in [5.74, 6) is 2.23. The summed E-state index contributed by atoms with van der Waals surface area (Å²) in [4.78, 5) is 11.9. The Kier molecular flexibility index (Phi) is 3.48. The zero-order chi connectivity index (χ0) is 16.2. The lowest BCUT2D eigenvalue weighted by atomic mass is 9.47. The normalized spacial score (nSPS) is 48.6. The lowest BCUT2D eigenvalue weighted by molar-refractivity contribution is -0.117. The summed E-state index contributed by atoms with van der Waals surface area (Å²) in [5, 5.41) is 10.5. The minimum absolute atomic E-state index is 0.0213. The average molecular weight is 312 g/mol. The van der Waals surface area contributed by atoms with Crippen molar-refractivity contribution >= 4 is 5.78 Å². The number of fused-ring (bicyclic) bond motifs is 5. The van der Waals surface area contributed by atoms with E-state index in [4.69, 9.17) is 0 Å². The van der Waals surface area contributed by atoms with E-state index in [2.05, 4.69) is 25.3 Å². The van der Waals surface area contributed by atoms with Gasteiger partial charge in [0.1, 0.15) is 0 Å². The lowest BCUT2D eigenvalue weighted by Crippen LogP contribution is -2.51. The van der Waals surface area contributed by atoms with Crippen LogP contribution in [0.4, 0.5) is 0 Å². The summed E-state index contributed by atoms with van der Waals surface area (Å²) < 4.78 is 0. The van der Waals surface area contributed by atoms with Crippen LogP contribution in [0.1, 0.15) is 58.3 Å². The number of rotatable bonds is 1. The summed E-state index contributed by atoms with van der Waals surface area (Å²) in [7, 11) is 0. The van der Waals surface area contributed by atoms with Crippen molar-refractivity contribution in [1.82, 2.24) is 0 Å². The van der Waals surface area contributed by atoms with Crippen LogP contribution in [0.3, 0.4) is 0 Å². The van der Waals surface area contributed by atoms with Gasteiger partial charge in [0, 0.05) is 11.8 Å². The first-order valence-electron chi connectivity index (χ1n) is 9.30. The van der Waals surface area contributed by atoms with Crippen LogP contribution in [0.2, 0.25) is 0 Å². The molecule has 124 valence electrons. The molecule has 3 fully saturated rings. The van der Waals surface area contributed by atoms with E-state index in [9.17, 15) is 9.90 Å². The molecule has 0 aliphatic heterocycles. The fourth-order valence-electron chi connectivity index (χ4n) is 6.70. The van der Waals surface area contributed by atoms with Crippen molar-refractivity contribution in [3.05, 3.63) is 30.0 Å². The van der Waals surface area contributed by atoms with Gasteiger partial charge in [-0.1, -0.05) is 19.1 Å². The van der Waals surface area contributed by atoms with E-state index in [0.29, 0.717) is 30.0 Å². The molecule has 1 N–H and O–H groups in total. The standard InChI is InChI=1S/C21H28O2/c1-3-10-21-12-8-15(22)13-14(21)4-5-16-17-6-7-19(23)20(17,2)11-9-18(16)21/h10,13,16-19,23H,1,4-9,11-12H2,2H3/t16-,17-,18-,19-,20-,21-/m0/s1. The molecule has 4 aliphatic carbocycles. The Morgan fingerprint density at radius 3 is 2.83 bits per heavy atom. The molecule has 3 saturated carbocycles. The third-order valence-electron chi connectivity index (χ3n) is 7.87. The highest BCUT2D eigenvalue weighted by molar-refractivity contribution is 5.91. The minimum Gasteiger partial charge on any atom is -0.393 e. The van der Waals surface area contributed by atoms with Crippen molar-refractivity contribution in [3.8, 4) is 0 Å². The highest BCUT2D eigenvalue weighted by Crippen LogP contribution is 2.65. The molecular formula is C21H28O2. The number of aliphatic hydroxyl groups is 1. The van der Waals surface area contributed by atoms with Gasteiger partial charge in [-0.15, -0.1) is 5.73 Å². The Labute approximate surface area is 139 Å². The molecule has 4 aliphatic rings. The number of allylic oxidation sites excluding steroid dienone is 2. The van der Waals surface area contributed by atoms with Crippen molar-refractivity contribution in [3.63, 3.8) is 0 Å². The van der Waals surface area contributed by atoms with Crippen LogP contribution in [0.25, 0.3) is 0 Å². The van der Waals surface area contributed by atoms with E-state index in [-0.39, 0.29) is 16.9 Å². The van der Waals surface area contributed by atoms with Crippen LogP contribution >= 0.6 is 0 Å². The first-order chi connectivity index (χ1) is 11.0. The third kappa shape index (κ3) is 2.01. The molecule has 0 aromatic heterocycles. The molecule has 2 heteroatoms. The summed E-state index contributed by atoms with van der Waals surface area (Å²) in [6, 6.07) is 0. The molecule has 0 bridgehead atoms. The van der Waals surface area contributed by atoms with Gasteiger partial charge in [-0.25, -0.2) is 0 Å². The number of hydrogen-bond donors (Lipinski definition) is 1. The van der Waals surface area contributed by atoms with Crippen molar-refractivity contribution in [1.29, 1.82) is 0 Å². The molecular weight excluding hydrogens is 284 g/mol. The number of aliphatic hydroxyl groups excluding tert-OH is 1. The van der Waals surface area contributed by atoms with Crippen LogP contribution < -0.4 is 0 Å². The van der Waals surface area contributed by atoms with E-state index in [1.54, 1.807) is 0 Å². The maximum Gasteiger partial charge on any atom is 0.155 e. The van der Waals surface area contributed by atoms with Crippen molar-refractivity contribution in [2.75, 3.05) is 0 Å². The van der Waals surface area contributed by atoms with Gasteiger partial charge in [0.15, 0.2) is 5.78 Å². The van der Waals surface area contributed by atoms with Gasteiger partial charge in [0.2, 0.25) is 0 Å². The Morgan fingerprint density at radius 1 is 1.22 bits per heavy atom. The second-order valence-corrected chi connectivity index (χ2v) is 8.58. The fourth-order valence-corrected chi connectivity index (χ4v) is 6.70. The molecule has 0 amide bonds. The smallest absolute Gasteiger partial charge is 0.155 e. The quantitative estimate of drug-likeness (QED) is 0.737. The van der Waals surface area contributed by atoms with Crippen molar-refractivity contribution in [2.24, 2.45) is 28.6 Å². The monoisotopic (exact) mass is 312 g/mol. The SMILES string of the molecule is C=C=C[C@]12CCC(=O)C=C1CC[C@H]1[C@@H]3CC[C@H](O)[C@@]3(C)CC[C@@H]12. The molecule has 0 unspecified atom stereocenters. The molecule has 6 atom stereocenters. The van der Waals surface area contributed by atoms with Crippen LogP contribution in [-0.4, -0.2) is 17.0 Å². The van der Waals surface area contributed by atoms with E-state index in [1.165, 1.54) is 24.8 Å². The average Bonchev–Trinajstić information content (AvgIpc) is 2.84. The largest absolute Gasteiger partial charge is 0.393 e. The minimum atomic E-state index is -0.121. The molecule has 0 saturated heterocycles. The molecule has 0 heterocycles. The number of ketones is 1. The van der Waals surface area contributed by atoms with E-state index >= 15 is 0 Å². The Balaban J connectivity index is 1.76. The van der Waals surface area contributed by atoms with Crippen molar-refractivity contribution < 1.29 is 9.90 Å². The number of hydrogen-bond acceptors (Lipinski definition) is 2. The summed E-state index contributed by atoms with van der Waals surface area (Å²) >= 11 is 0. The lowest BCUT2D eigenvalue weighted by Gasteiger charge is -2.57. The van der Waals surface area contributed by atoms with E-state index < -0.39 is 0 Å². The maximum absolute atomic E-state index is 11.9. The summed E-state index contributed by atoms with van der Waals surface area (Å²) in [5.41, 5.74) is 4.56.